The van der Waals surface area contributed by atoms with Crippen molar-refractivity contribution in [3.63, 3.8) is 0 Å². The molecule has 0 aromatic carbocycles. The van der Waals surface area contributed by atoms with Crippen molar-refractivity contribution >= 4 is 39.7 Å². The van der Waals surface area contributed by atoms with Gasteiger partial charge in [0.25, 0.3) is 0 Å². The summed E-state index contributed by atoms with van der Waals surface area (Å²) in [5.74, 6) is 1.38. The molecule has 0 aliphatic heterocycles. The second-order valence-corrected chi connectivity index (χ2v) is 5.71. The Morgan fingerprint density at radius 1 is 1.53 bits per heavy atom. The van der Waals surface area contributed by atoms with E-state index >= 15 is 0 Å². The summed E-state index contributed by atoms with van der Waals surface area (Å²) in [7, 11) is 0. The fourth-order valence-corrected chi connectivity index (χ4v) is 2.52. The largest absolute Gasteiger partial charge is 0.339 e. The molecule has 0 atom stereocenters. The first-order valence-electron chi connectivity index (χ1n) is 4.97. The molecule has 94 valence electrons. The van der Waals surface area contributed by atoms with Crippen LogP contribution in [0.5, 0.6) is 0 Å². The summed E-state index contributed by atoms with van der Waals surface area (Å²) in [4.78, 5) is 4.14. The molecule has 17 heavy (non-hydrogen) atoms. The average Bonchev–Trinajstić information content (AvgIpc) is 2.83. The van der Waals surface area contributed by atoms with Crippen molar-refractivity contribution in [2.45, 2.75) is 19.9 Å². The lowest BCUT2D eigenvalue weighted by molar-refractivity contribution is 0.372. The number of aromatic nitrogens is 2. The van der Waals surface area contributed by atoms with Crippen molar-refractivity contribution < 1.29 is 4.52 Å². The van der Waals surface area contributed by atoms with Gasteiger partial charge in [0.2, 0.25) is 5.89 Å². The highest BCUT2D eigenvalue weighted by Gasteiger charge is 2.02. The van der Waals surface area contributed by atoms with Gasteiger partial charge in [-0.25, -0.2) is 0 Å². The number of thiophene rings is 1. The Morgan fingerprint density at radius 2 is 2.35 bits per heavy atom. The molecule has 0 aliphatic rings. The summed E-state index contributed by atoms with van der Waals surface area (Å²) in [5.41, 5.74) is 1.29. The standard InChI is InChI=1S/C10H12BrN3OS.ClH/c1-7-13-10(15-14-7)2-3-12-5-8-4-9(11)16-6-8;/h4,6,12H,2-3,5H2,1H3;1H. The molecule has 2 rings (SSSR count). The van der Waals surface area contributed by atoms with Crippen molar-refractivity contribution in [2.24, 2.45) is 0 Å². The molecule has 0 aliphatic carbocycles. The Balaban J connectivity index is 0.00000144. The van der Waals surface area contributed by atoms with E-state index in [4.69, 9.17) is 4.52 Å². The van der Waals surface area contributed by atoms with E-state index in [1.54, 1.807) is 11.3 Å². The first kappa shape index (κ1) is 14.6. The van der Waals surface area contributed by atoms with E-state index in [0.717, 1.165) is 23.3 Å². The molecular formula is C10H13BrClN3OS. The zero-order valence-corrected chi connectivity index (χ0v) is 12.5. The Bertz CT molecular complexity index is 418. The Hall–Kier alpha value is -0.430. The van der Waals surface area contributed by atoms with E-state index in [9.17, 15) is 0 Å². The third-order valence-corrected chi connectivity index (χ3v) is 3.59. The van der Waals surface area contributed by atoms with Crippen LogP contribution in [0.1, 0.15) is 17.3 Å². The minimum absolute atomic E-state index is 0. The van der Waals surface area contributed by atoms with Crippen LogP contribution >= 0.6 is 39.7 Å². The van der Waals surface area contributed by atoms with Crippen molar-refractivity contribution in [2.75, 3.05) is 6.54 Å². The van der Waals surface area contributed by atoms with Crippen molar-refractivity contribution in [1.82, 2.24) is 15.5 Å². The van der Waals surface area contributed by atoms with Gasteiger partial charge in [0, 0.05) is 19.5 Å². The SMILES string of the molecule is Cc1noc(CCNCc2csc(Br)c2)n1.Cl. The van der Waals surface area contributed by atoms with Gasteiger partial charge in [0.05, 0.1) is 3.79 Å². The van der Waals surface area contributed by atoms with Crippen LogP contribution in [0, 0.1) is 6.92 Å². The molecule has 2 heterocycles. The second kappa shape index (κ2) is 7.10. The molecule has 0 saturated carbocycles. The van der Waals surface area contributed by atoms with Gasteiger partial charge in [-0.15, -0.1) is 23.7 Å². The lowest BCUT2D eigenvalue weighted by Crippen LogP contribution is -2.16. The fourth-order valence-electron chi connectivity index (χ4n) is 1.31. The zero-order chi connectivity index (χ0) is 11.4. The Labute approximate surface area is 118 Å². The van der Waals surface area contributed by atoms with Crippen LogP contribution in [-0.2, 0) is 13.0 Å². The molecule has 0 fully saturated rings. The number of aryl methyl sites for hydroxylation is 1. The van der Waals surface area contributed by atoms with Crippen molar-refractivity contribution in [3.05, 3.63) is 32.5 Å². The van der Waals surface area contributed by atoms with Crippen LogP contribution < -0.4 is 5.32 Å². The van der Waals surface area contributed by atoms with E-state index < -0.39 is 0 Å². The van der Waals surface area contributed by atoms with Crippen LogP contribution in [0.15, 0.2) is 19.8 Å². The molecule has 0 radical (unpaired) electrons. The van der Waals surface area contributed by atoms with Gasteiger partial charge in [-0.1, -0.05) is 5.16 Å². The molecule has 1 N–H and O–H groups in total. The van der Waals surface area contributed by atoms with Crippen LogP contribution in [0.2, 0.25) is 0 Å². The highest BCUT2D eigenvalue weighted by molar-refractivity contribution is 9.11. The highest BCUT2D eigenvalue weighted by atomic mass is 79.9. The van der Waals surface area contributed by atoms with Crippen LogP contribution in [-0.4, -0.2) is 16.7 Å². The van der Waals surface area contributed by atoms with Crippen molar-refractivity contribution in [1.29, 1.82) is 0 Å². The summed E-state index contributed by atoms with van der Waals surface area (Å²) in [6, 6.07) is 2.12. The fraction of sp³-hybridized carbons (Fsp3) is 0.400. The molecule has 4 nitrogen and oxygen atoms in total. The topological polar surface area (TPSA) is 51.0 Å². The van der Waals surface area contributed by atoms with Gasteiger partial charge < -0.3 is 9.84 Å². The van der Waals surface area contributed by atoms with Gasteiger partial charge >= 0.3 is 0 Å². The smallest absolute Gasteiger partial charge is 0.227 e. The van der Waals surface area contributed by atoms with E-state index in [0.29, 0.717) is 11.7 Å². The highest BCUT2D eigenvalue weighted by Crippen LogP contribution is 2.20. The van der Waals surface area contributed by atoms with Crippen LogP contribution in [0.4, 0.5) is 0 Å². The summed E-state index contributed by atoms with van der Waals surface area (Å²) >= 11 is 5.14. The van der Waals surface area contributed by atoms with Crippen LogP contribution in [0.25, 0.3) is 0 Å². The van der Waals surface area contributed by atoms with E-state index in [1.165, 1.54) is 5.56 Å². The number of nitrogens with zero attached hydrogens (tertiary/aromatic N) is 2. The predicted molar refractivity (Wildman–Crippen MR) is 73.7 cm³/mol. The molecule has 0 bridgehead atoms. The Morgan fingerprint density at radius 3 is 2.94 bits per heavy atom. The molecule has 2 aromatic heterocycles. The van der Waals surface area contributed by atoms with Gasteiger partial charge in [-0.3, -0.25) is 0 Å². The molecule has 0 amide bonds. The van der Waals surface area contributed by atoms with Gasteiger partial charge in [0.15, 0.2) is 5.82 Å². The lowest BCUT2D eigenvalue weighted by Gasteiger charge is -1.99. The van der Waals surface area contributed by atoms with Gasteiger partial charge in [0.1, 0.15) is 0 Å². The summed E-state index contributed by atoms with van der Waals surface area (Å²) in [6.45, 7) is 3.54. The lowest BCUT2D eigenvalue weighted by atomic mass is 10.3. The quantitative estimate of drug-likeness (QED) is 0.852. The van der Waals surface area contributed by atoms with Gasteiger partial charge in [-0.2, -0.15) is 4.98 Å². The summed E-state index contributed by atoms with van der Waals surface area (Å²) in [5, 5.41) is 9.20. The maximum atomic E-state index is 5.01. The molecule has 2 aromatic rings. The summed E-state index contributed by atoms with van der Waals surface area (Å²) < 4.78 is 6.18. The monoisotopic (exact) mass is 337 g/mol. The number of hydrogen-bond donors (Lipinski definition) is 1. The molecular weight excluding hydrogens is 326 g/mol. The minimum atomic E-state index is 0. The first-order chi connectivity index (χ1) is 7.74. The molecule has 0 unspecified atom stereocenters. The van der Waals surface area contributed by atoms with E-state index in [-0.39, 0.29) is 12.4 Å². The molecule has 0 spiro atoms. The third-order valence-electron chi connectivity index (χ3n) is 2.04. The minimum Gasteiger partial charge on any atom is -0.339 e. The van der Waals surface area contributed by atoms with Crippen molar-refractivity contribution in [3.8, 4) is 0 Å². The number of halogens is 2. The van der Waals surface area contributed by atoms with Crippen LogP contribution in [0.3, 0.4) is 0 Å². The Kier molecular flexibility index (Phi) is 6.11. The number of rotatable bonds is 5. The number of hydrogen-bond acceptors (Lipinski definition) is 5. The van der Waals surface area contributed by atoms with E-state index in [2.05, 4.69) is 42.8 Å². The predicted octanol–water partition coefficient (Wildman–Crippen LogP) is 2.96. The second-order valence-electron chi connectivity index (χ2n) is 3.42. The first-order valence-corrected chi connectivity index (χ1v) is 6.64. The normalized spacial score (nSPS) is 10.2. The average molecular weight is 339 g/mol. The van der Waals surface area contributed by atoms with E-state index in [1.807, 2.05) is 6.92 Å². The van der Waals surface area contributed by atoms with Gasteiger partial charge in [-0.05, 0) is 39.9 Å². The number of nitrogens with one attached hydrogen (secondary N) is 1. The summed E-state index contributed by atoms with van der Waals surface area (Å²) in [6.07, 6.45) is 0.770. The maximum absolute atomic E-state index is 5.01. The molecule has 0 saturated heterocycles. The zero-order valence-electron chi connectivity index (χ0n) is 9.27. The maximum Gasteiger partial charge on any atom is 0.227 e. The molecule has 7 heteroatoms. The third kappa shape index (κ3) is 4.75.